The quantitative estimate of drug-likeness (QED) is 0.803. The van der Waals surface area contributed by atoms with E-state index >= 15 is 0 Å². The minimum absolute atomic E-state index is 0.0740. The van der Waals surface area contributed by atoms with Crippen LogP contribution in [0, 0.1) is 6.92 Å². The number of hydrogen-bond donors (Lipinski definition) is 1. The lowest BCUT2D eigenvalue weighted by Gasteiger charge is -2.02. The highest BCUT2D eigenvalue weighted by molar-refractivity contribution is 5.91. The molecule has 0 atom stereocenters. The maximum absolute atomic E-state index is 11.6. The van der Waals surface area contributed by atoms with E-state index in [1.165, 1.54) is 0 Å². The molecule has 5 heteroatoms. The van der Waals surface area contributed by atoms with E-state index in [4.69, 9.17) is 0 Å². The molecule has 0 aliphatic heterocycles. The van der Waals surface area contributed by atoms with E-state index in [9.17, 15) is 4.79 Å². The van der Waals surface area contributed by atoms with Gasteiger partial charge in [0.1, 0.15) is 5.52 Å². The standard InChI is InChI=1S/C12H12N4O/c1-3-6-13-12(17)11-14-10-7-8(2)4-5-9(10)15-16-11/h3-5,7H,1,6H2,2H3,(H,13,17). The molecule has 1 heterocycles. The van der Waals surface area contributed by atoms with E-state index in [1.54, 1.807) is 6.08 Å². The van der Waals surface area contributed by atoms with Crippen LogP contribution in [-0.4, -0.2) is 27.6 Å². The number of hydrogen-bond acceptors (Lipinski definition) is 4. The average molecular weight is 228 g/mol. The number of aromatic nitrogens is 3. The van der Waals surface area contributed by atoms with Crippen molar-refractivity contribution < 1.29 is 4.79 Å². The predicted molar refractivity (Wildman–Crippen MR) is 64.6 cm³/mol. The van der Waals surface area contributed by atoms with E-state index in [0.29, 0.717) is 17.6 Å². The smallest absolute Gasteiger partial charge is 0.291 e. The maximum Gasteiger partial charge on any atom is 0.291 e. The van der Waals surface area contributed by atoms with Gasteiger partial charge in [-0.1, -0.05) is 12.1 Å². The van der Waals surface area contributed by atoms with Gasteiger partial charge in [-0.25, -0.2) is 4.98 Å². The predicted octanol–water partition coefficient (Wildman–Crippen LogP) is 1.25. The molecule has 0 fully saturated rings. The number of carbonyl (C=O) groups is 1. The summed E-state index contributed by atoms with van der Waals surface area (Å²) in [5.74, 6) is -0.272. The summed E-state index contributed by atoms with van der Waals surface area (Å²) in [6.45, 7) is 5.86. The number of carbonyl (C=O) groups excluding carboxylic acids is 1. The van der Waals surface area contributed by atoms with Crippen LogP contribution in [0.15, 0.2) is 30.9 Å². The third kappa shape index (κ3) is 2.44. The number of rotatable bonds is 3. The van der Waals surface area contributed by atoms with Crippen LogP contribution in [0.25, 0.3) is 11.0 Å². The van der Waals surface area contributed by atoms with Crippen LogP contribution in [0.2, 0.25) is 0 Å². The fourth-order valence-corrected chi connectivity index (χ4v) is 1.39. The van der Waals surface area contributed by atoms with Crippen LogP contribution in [0.3, 0.4) is 0 Å². The van der Waals surface area contributed by atoms with E-state index in [2.05, 4.69) is 27.1 Å². The first-order valence-electron chi connectivity index (χ1n) is 5.21. The SMILES string of the molecule is C=CCNC(=O)c1nnc2ccc(C)cc2n1. The highest BCUT2D eigenvalue weighted by atomic mass is 16.2. The first-order valence-corrected chi connectivity index (χ1v) is 5.21. The lowest BCUT2D eigenvalue weighted by molar-refractivity contribution is 0.0947. The van der Waals surface area contributed by atoms with Crippen LogP contribution in [0.4, 0.5) is 0 Å². The molecule has 1 amide bonds. The van der Waals surface area contributed by atoms with Crippen LogP contribution in [0.1, 0.15) is 16.2 Å². The van der Waals surface area contributed by atoms with Gasteiger partial charge in [0.2, 0.25) is 5.82 Å². The Morgan fingerprint density at radius 1 is 1.41 bits per heavy atom. The Morgan fingerprint density at radius 2 is 2.24 bits per heavy atom. The first-order chi connectivity index (χ1) is 8.20. The van der Waals surface area contributed by atoms with E-state index in [0.717, 1.165) is 5.56 Å². The second kappa shape index (κ2) is 4.69. The van der Waals surface area contributed by atoms with Gasteiger partial charge in [-0.05, 0) is 24.6 Å². The number of nitrogens with zero attached hydrogens (tertiary/aromatic N) is 3. The summed E-state index contributed by atoms with van der Waals surface area (Å²) in [6.07, 6.45) is 1.59. The fraction of sp³-hybridized carbons (Fsp3) is 0.167. The van der Waals surface area contributed by atoms with Gasteiger partial charge in [0.05, 0.1) is 5.52 Å². The summed E-state index contributed by atoms with van der Waals surface area (Å²) >= 11 is 0. The van der Waals surface area contributed by atoms with Crippen molar-refractivity contribution in [1.29, 1.82) is 0 Å². The Kier molecular flexibility index (Phi) is 3.09. The van der Waals surface area contributed by atoms with Crippen LogP contribution in [0.5, 0.6) is 0 Å². The molecule has 0 aliphatic rings. The van der Waals surface area contributed by atoms with E-state index < -0.39 is 0 Å². The molecule has 2 aromatic rings. The van der Waals surface area contributed by atoms with Gasteiger partial charge in [-0.3, -0.25) is 4.79 Å². The summed E-state index contributed by atoms with van der Waals surface area (Å²) in [4.78, 5) is 15.8. The van der Waals surface area contributed by atoms with Gasteiger partial charge < -0.3 is 5.32 Å². The van der Waals surface area contributed by atoms with Crippen LogP contribution in [-0.2, 0) is 0 Å². The zero-order chi connectivity index (χ0) is 12.3. The Bertz CT molecular complexity index is 580. The van der Waals surface area contributed by atoms with Crippen molar-refractivity contribution in [2.75, 3.05) is 6.54 Å². The highest BCUT2D eigenvalue weighted by Crippen LogP contribution is 2.10. The first kappa shape index (κ1) is 11.2. The third-order valence-electron chi connectivity index (χ3n) is 2.22. The van der Waals surface area contributed by atoms with Gasteiger partial charge in [0, 0.05) is 6.54 Å². The summed E-state index contributed by atoms with van der Waals surface area (Å²) in [5, 5.41) is 10.3. The second-order valence-corrected chi connectivity index (χ2v) is 3.63. The molecule has 0 unspecified atom stereocenters. The zero-order valence-electron chi connectivity index (χ0n) is 9.47. The van der Waals surface area contributed by atoms with Crippen molar-refractivity contribution in [2.24, 2.45) is 0 Å². The lowest BCUT2D eigenvalue weighted by atomic mass is 10.2. The van der Waals surface area contributed by atoms with Gasteiger partial charge >= 0.3 is 0 Å². The molecule has 5 nitrogen and oxygen atoms in total. The minimum atomic E-state index is -0.346. The normalized spacial score (nSPS) is 10.2. The molecule has 0 bridgehead atoms. The Balaban J connectivity index is 2.36. The molecule has 86 valence electrons. The Labute approximate surface area is 98.6 Å². The number of aryl methyl sites for hydroxylation is 1. The summed E-state index contributed by atoms with van der Waals surface area (Å²) in [6, 6.07) is 5.63. The van der Waals surface area contributed by atoms with Crippen molar-refractivity contribution in [3.8, 4) is 0 Å². The van der Waals surface area contributed by atoms with Crippen molar-refractivity contribution in [1.82, 2.24) is 20.5 Å². The monoisotopic (exact) mass is 228 g/mol. The summed E-state index contributed by atoms with van der Waals surface area (Å²) in [5.41, 5.74) is 2.41. The lowest BCUT2D eigenvalue weighted by Crippen LogP contribution is -2.25. The number of nitrogens with one attached hydrogen (secondary N) is 1. The largest absolute Gasteiger partial charge is 0.346 e. The van der Waals surface area contributed by atoms with Gasteiger partial charge in [-0.2, -0.15) is 0 Å². The minimum Gasteiger partial charge on any atom is -0.346 e. The molecule has 1 aromatic heterocycles. The van der Waals surface area contributed by atoms with Crippen LogP contribution >= 0.6 is 0 Å². The number of amides is 1. The molecule has 0 radical (unpaired) electrons. The second-order valence-electron chi connectivity index (χ2n) is 3.63. The molecule has 0 saturated carbocycles. The van der Waals surface area contributed by atoms with Gasteiger partial charge in [0.15, 0.2) is 0 Å². The van der Waals surface area contributed by atoms with Crippen molar-refractivity contribution >= 4 is 16.9 Å². The molecule has 17 heavy (non-hydrogen) atoms. The zero-order valence-corrected chi connectivity index (χ0v) is 9.47. The Morgan fingerprint density at radius 3 is 3.00 bits per heavy atom. The van der Waals surface area contributed by atoms with Crippen LogP contribution < -0.4 is 5.32 Å². The topological polar surface area (TPSA) is 67.8 Å². The number of benzene rings is 1. The fourth-order valence-electron chi connectivity index (χ4n) is 1.39. The van der Waals surface area contributed by atoms with Gasteiger partial charge in [-0.15, -0.1) is 16.8 Å². The molecular formula is C12H12N4O. The molecular weight excluding hydrogens is 216 g/mol. The number of fused-ring (bicyclic) bond motifs is 1. The average Bonchev–Trinajstić information content (AvgIpc) is 2.35. The van der Waals surface area contributed by atoms with Crippen molar-refractivity contribution in [3.05, 3.63) is 42.2 Å². The highest BCUT2D eigenvalue weighted by Gasteiger charge is 2.09. The Hall–Kier alpha value is -2.30. The summed E-state index contributed by atoms with van der Waals surface area (Å²) < 4.78 is 0. The molecule has 1 aromatic carbocycles. The van der Waals surface area contributed by atoms with E-state index in [-0.39, 0.29) is 11.7 Å². The van der Waals surface area contributed by atoms with E-state index in [1.807, 2.05) is 25.1 Å². The van der Waals surface area contributed by atoms with Gasteiger partial charge in [0.25, 0.3) is 5.91 Å². The molecule has 1 N–H and O–H groups in total. The van der Waals surface area contributed by atoms with Crippen molar-refractivity contribution in [3.63, 3.8) is 0 Å². The third-order valence-corrected chi connectivity index (χ3v) is 2.22. The van der Waals surface area contributed by atoms with Crippen molar-refractivity contribution in [2.45, 2.75) is 6.92 Å². The molecule has 0 spiro atoms. The molecule has 0 aliphatic carbocycles. The maximum atomic E-state index is 11.6. The molecule has 0 saturated heterocycles. The molecule has 2 rings (SSSR count). The summed E-state index contributed by atoms with van der Waals surface area (Å²) in [7, 11) is 0.